The summed E-state index contributed by atoms with van der Waals surface area (Å²) in [5.41, 5.74) is 0.915. The average molecular weight is 444 g/mol. The molecule has 2 atom stereocenters. The van der Waals surface area contributed by atoms with Crippen molar-refractivity contribution in [3.63, 3.8) is 0 Å². The highest BCUT2D eigenvalue weighted by atomic mass is 19.4. The predicted octanol–water partition coefficient (Wildman–Crippen LogP) is 3.04. The summed E-state index contributed by atoms with van der Waals surface area (Å²) in [4.78, 5) is 28.2. The maximum Gasteiger partial charge on any atom is 0.433 e. The number of fused-ring (bicyclic) bond motifs is 1. The van der Waals surface area contributed by atoms with Crippen molar-refractivity contribution in [1.82, 2.24) is 24.5 Å². The summed E-state index contributed by atoms with van der Waals surface area (Å²) in [6.07, 6.45) is -2.67. The summed E-state index contributed by atoms with van der Waals surface area (Å²) >= 11 is 0. The van der Waals surface area contributed by atoms with Gasteiger partial charge in [-0.3, -0.25) is 4.79 Å². The van der Waals surface area contributed by atoms with E-state index in [2.05, 4.69) is 20.2 Å². The van der Waals surface area contributed by atoms with Gasteiger partial charge in [0.2, 0.25) is 6.10 Å². The summed E-state index contributed by atoms with van der Waals surface area (Å²) in [7, 11) is 0. The second-order valence-corrected chi connectivity index (χ2v) is 7.86. The molecule has 0 aliphatic carbocycles. The second-order valence-electron chi connectivity index (χ2n) is 7.86. The molecular weight excluding hydrogens is 425 g/mol. The van der Waals surface area contributed by atoms with Gasteiger partial charge in [-0.05, 0) is 24.5 Å². The van der Waals surface area contributed by atoms with Crippen LogP contribution in [0, 0.1) is 0 Å². The molecule has 0 radical (unpaired) electrons. The van der Waals surface area contributed by atoms with Crippen LogP contribution in [0.4, 0.5) is 13.2 Å². The lowest BCUT2D eigenvalue weighted by atomic mass is 9.93. The molecule has 11 heteroatoms. The number of nitrogens with zero attached hydrogens (tertiary/aromatic N) is 6. The monoisotopic (exact) mass is 444 g/mol. The van der Waals surface area contributed by atoms with Crippen LogP contribution >= 0.6 is 0 Å². The molecule has 1 aromatic carbocycles. The van der Waals surface area contributed by atoms with E-state index in [0.29, 0.717) is 36.0 Å². The molecule has 8 nitrogen and oxygen atoms in total. The standard InChI is InChI=1S/C21H19F3N6O2/c22-21(23,24)18-10-15(27-20-25-12-26-30(18)20)14-7-4-8-29(11-14)19(31)17-9-16(28-32-17)13-5-2-1-3-6-13/h1-3,5-6,10,12,14,17H,4,7-9,11H2/t14-,17+/m0/s1. The highest BCUT2D eigenvalue weighted by molar-refractivity contribution is 6.04. The maximum atomic E-state index is 13.5. The zero-order valence-electron chi connectivity index (χ0n) is 16.9. The lowest BCUT2D eigenvalue weighted by Crippen LogP contribution is -2.44. The van der Waals surface area contributed by atoms with E-state index in [-0.39, 0.29) is 29.8 Å². The number of halogens is 3. The number of benzene rings is 1. The van der Waals surface area contributed by atoms with Crippen LogP contribution in [0.5, 0.6) is 0 Å². The van der Waals surface area contributed by atoms with Gasteiger partial charge in [0.15, 0.2) is 5.69 Å². The van der Waals surface area contributed by atoms with Crippen molar-refractivity contribution in [2.45, 2.75) is 37.5 Å². The van der Waals surface area contributed by atoms with Crippen LogP contribution in [-0.2, 0) is 15.8 Å². The zero-order valence-corrected chi connectivity index (χ0v) is 16.9. The number of rotatable bonds is 3. The van der Waals surface area contributed by atoms with E-state index >= 15 is 0 Å². The molecule has 5 rings (SSSR count). The third kappa shape index (κ3) is 3.78. The van der Waals surface area contributed by atoms with Crippen LogP contribution in [0.1, 0.15) is 42.1 Å². The van der Waals surface area contributed by atoms with Gasteiger partial charge in [0.1, 0.15) is 6.33 Å². The molecule has 2 aromatic heterocycles. The number of oxime groups is 1. The van der Waals surface area contributed by atoms with Crippen molar-refractivity contribution in [3.05, 3.63) is 59.7 Å². The maximum absolute atomic E-state index is 13.5. The van der Waals surface area contributed by atoms with Gasteiger partial charge in [0.25, 0.3) is 11.7 Å². The molecule has 0 saturated carbocycles. The van der Waals surface area contributed by atoms with Crippen molar-refractivity contribution in [2.75, 3.05) is 13.1 Å². The Labute approximate surface area is 180 Å². The minimum Gasteiger partial charge on any atom is -0.382 e. The molecule has 0 N–H and O–H groups in total. The van der Waals surface area contributed by atoms with Gasteiger partial charge >= 0.3 is 6.18 Å². The molecule has 1 amide bonds. The van der Waals surface area contributed by atoms with Crippen LogP contribution < -0.4 is 0 Å². The van der Waals surface area contributed by atoms with E-state index in [1.807, 2.05) is 30.3 Å². The molecule has 32 heavy (non-hydrogen) atoms. The van der Waals surface area contributed by atoms with Crippen molar-refractivity contribution in [1.29, 1.82) is 0 Å². The summed E-state index contributed by atoms with van der Waals surface area (Å²) in [5, 5.41) is 7.69. The summed E-state index contributed by atoms with van der Waals surface area (Å²) in [6.45, 7) is 0.767. The molecule has 3 aromatic rings. The number of likely N-dealkylation sites (tertiary alicyclic amines) is 1. The van der Waals surface area contributed by atoms with Crippen molar-refractivity contribution < 1.29 is 22.8 Å². The summed E-state index contributed by atoms with van der Waals surface area (Å²) in [5.74, 6) is -0.672. The topological polar surface area (TPSA) is 85.0 Å². The van der Waals surface area contributed by atoms with Gasteiger partial charge in [-0.25, -0.2) is 4.98 Å². The second kappa shape index (κ2) is 7.88. The number of hydrogen-bond acceptors (Lipinski definition) is 6. The molecule has 166 valence electrons. The third-order valence-corrected chi connectivity index (χ3v) is 5.76. The Morgan fingerprint density at radius 3 is 2.78 bits per heavy atom. The Kier molecular flexibility index (Phi) is 5.03. The third-order valence-electron chi connectivity index (χ3n) is 5.76. The van der Waals surface area contributed by atoms with Gasteiger partial charge in [-0.2, -0.15) is 27.8 Å². The fraction of sp³-hybridized carbons (Fsp3) is 0.381. The highest BCUT2D eigenvalue weighted by Gasteiger charge is 2.38. The van der Waals surface area contributed by atoms with E-state index in [4.69, 9.17) is 4.84 Å². The van der Waals surface area contributed by atoms with Crippen LogP contribution in [0.15, 0.2) is 47.9 Å². The first-order chi connectivity index (χ1) is 15.4. The van der Waals surface area contributed by atoms with E-state index in [0.717, 1.165) is 18.0 Å². The van der Waals surface area contributed by atoms with Crippen molar-refractivity contribution >= 4 is 17.4 Å². The Balaban J connectivity index is 1.33. The predicted molar refractivity (Wildman–Crippen MR) is 107 cm³/mol. The Bertz CT molecular complexity index is 1180. The first-order valence-corrected chi connectivity index (χ1v) is 10.2. The Hall–Kier alpha value is -3.50. The van der Waals surface area contributed by atoms with E-state index < -0.39 is 18.0 Å². The molecule has 2 aliphatic rings. The fourth-order valence-corrected chi connectivity index (χ4v) is 4.17. The number of piperidine rings is 1. The minimum atomic E-state index is -4.60. The molecule has 1 fully saturated rings. The molecule has 0 bridgehead atoms. The highest BCUT2D eigenvalue weighted by Crippen LogP contribution is 2.33. The number of aromatic nitrogens is 4. The smallest absolute Gasteiger partial charge is 0.382 e. The van der Waals surface area contributed by atoms with Crippen LogP contribution in [-0.4, -0.2) is 55.3 Å². The van der Waals surface area contributed by atoms with Crippen LogP contribution in [0.3, 0.4) is 0 Å². The van der Waals surface area contributed by atoms with Gasteiger partial charge < -0.3 is 9.74 Å². The van der Waals surface area contributed by atoms with Gasteiger partial charge in [-0.15, -0.1) is 0 Å². The fourth-order valence-electron chi connectivity index (χ4n) is 4.17. The first kappa shape index (κ1) is 20.4. The largest absolute Gasteiger partial charge is 0.433 e. The Morgan fingerprint density at radius 1 is 1.19 bits per heavy atom. The average Bonchev–Trinajstić information content (AvgIpc) is 3.48. The normalized spacial score (nSPS) is 21.5. The van der Waals surface area contributed by atoms with Gasteiger partial charge in [-0.1, -0.05) is 35.5 Å². The van der Waals surface area contributed by atoms with Gasteiger partial charge in [0.05, 0.1) is 11.4 Å². The van der Waals surface area contributed by atoms with Crippen LogP contribution in [0.2, 0.25) is 0 Å². The summed E-state index contributed by atoms with van der Waals surface area (Å²) in [6, 6.07) is 10.5. The van der Waals surface area contributed by atoms with Crippen molar-refractivity contribution in [3.8, 4) is 0 Å². The van der Waals surface area contributed by atoms with E-state index in [1.54, 1.807) is 4.90 Å². The number of alkyl halides is 3. The van der Waals surface area contributed by atoms with E-state index in [9.17, 15) is 18.0 Å². The van der Waals surface area contributed by atoms with Gasteiger partial charge in [0, 0.05) is 25.4 Å². The number of amides is 1. The Morgan fingerprint density at radius 2 is 2.00 bits per heavy atom. The molecule has 0 spiro atoms. The minimum absolute atomic E-state index is 0.113. The lowest BCUT2D eigenvalue weighted by molar-refractivity contribution is -0.144. The SMILES string of the molecule is O=C([C@H]1CC(c2ccccc2)=NO1)N1CCC[C@H](c2cc(C(F)(F)F)n3ncnc3n2)C1. The molecule has 0 unspecified atom stereocenters. The molecular formula is C21H19F3N6O2. The molecule has 4 heterocycles. The molecule has 2 aliphatic heterocycles. The van der Waals surface area contributed by atoms with E-state index in [1.165, 1.54) is 0 Å². The first-order valence-electron chi connectivity index (χ1n) is 10.2. The van der Waals surface area contributed by atoms with Crippen LogP contribution in [0.25, 0.3) is 5.78 Å². The number of hydrogen-bond donors (Lipinski definition) is 0. The quantitative estimate of drug-likeness (QED) is 0.620. The zero-order chi connectivity index (χ0) is 22.3. The number of carbonyl (C=O) groups is 1. The number of carbonyl (C=O) groups excluding carboxylic acids is 1. The summed E-state index contributed by atoms with van der Waals surface area (Å²) < 4.78 is 41.2. The molecule has 1 saturated heterocycles. The van der Waals surface area contributed by atoms with Crippen molar-refractivity contribution in [2.24, 2.45) is 5.16 Å². The lowest BCUT2D eigenvalue weighted by Gasteiger charge is -2.33.